The minimum Gasteiger partial charge on any atom is -0.459 e. The molecule has 0 spiro atoms. The summed E-state index contributed by atoms with van der Waals surface area (Å²) in [6.45, 7) is -0.430. The van der Waals surface area contributed by atoms with Crippen LogP contribution in [0, 0.1) is 0 Å². The quantitative estimate of drug-likeness (QED) is 0.232. The first-order valence-electron chi connectivity index (χ1n) is 13.2. The van der Waals surface area contributed by atoms with E-state index in [1.165, 1.54) is 30.3 Å². The van der Waals surface area contributed by atoms with E-state index in [-0.39, 0.29) is 22.3 Å². The topological polar surface area (TPSA) is 153 Å². The van der Waals surface area contributed by atoms with Crippen molar-refractivity contribution in [1.82, 2.24) is 4.57 Å². The zero-order chi connectivity index (χ0) is 30.3. The van der Waals surface area contributed by atoms with Gasteiger partial charge in [-0.25, -0.2) is 14.4 Å². The zero-order valence-corrected chi connectivity index (χ0v) is 22.6. The Kier molecular flexibility index (Phi) is 8.73. The lowest BCUT2D eigenvalue weighted by molar-refractivity contribution is -0.0635. The van der Waals surface area contributed by atoms with Crippen LogP contribution in [0.3, 0.4) is 0 Å². The second kappa shape index (κ2) is 13.0. The molecule has 11 heteroatoms. The van der Waals surface area contributed by atoms with Gasteiger partial charge in [-0.1, -0.05) is 54.6 Å². The normalized spacial score (nSPS) is 19.3. The summed E-state index contributed by atoms with van der Waals surface area (Å²) in [4.78, 5) is 64.1. The number of hydrogen-bond donors (Lipinski definition) is 1. The van der Waals surface area contributed by atoms with Crippen molar-refractivity contribution in [3.05, 3.63) is 142 Å². The summed E-state index contributed by atoms with van der Waals surface area (Å²) in [5, 5.41) is 0. The van der Waals surface area contributed by atoms with E-state index in [0.717, 1.165) is 16.8 Å². The molecule has 11 nitrogen and oxygen atoms in total. The first-order valence-corrected chi connectivity index (χ1v) is 13.2. The van der Waals surface area contributed by atoms with Crippen LogP contribution in [0.1, 0.15) is 47.7 Å². The lowest BCUT2D eigenvalue weighted by atomic mass is 10.1. The summed E-state index contributed by atoms with van der Waals surface area (Å²) < 4.78 is 24.3. The van der Waals surface area contributed by atoms with Crippen molar-refractivity contribution in [2.24, 2.45) is 5.73 Å². The molecule has 218 valence electrons. The van der Waals surface area contributed by atoms with E-state index in [4.69, 9.17) is 24.7 Å². The molecule has 3 aromatic carbocycles. The first kappa shape index (κ1) is 29.0. The van der Waals surface area contributed by atoms with E-state index in [9.17, 15) is 24.0 Å². The van der Waals surface area contributed by atoms with E-state index < -0.39 is 60.5 Å². The van der Waals surface area contributed by atoms with Gasteiger partial charge in [0.2, 0.25) is 5.91 Å². The molecule has 1 amide bonds. The second-order valence-electron chi connectivity index (χ2n) is 9.53. The smallest absolute Gasteiger partial charge is 0.338 e. The molecule has 1 fully saturated rings. The number of aromatic nitrogens is 1. The minimum atomic E-state index is -1.42. The van der Waals surface area contributed by atoms with Crippen LogP contribution in [0.15, 0.2) is 114 Å². The van der Waals surface area contributed by atoms with Gasteiger partial charge in [0.05, 0.1) is 22.3 Å². The van der Waals surface area contributed by atoms with Crippen molar-refractivity contribution in [3.8, 4) is 0 Å². The zero-order valence-electron chi connectivity index (χ0n) is 22.6. The van der Waals surface area contributed by atoms with Gasteiger partial charge in [-0.15, -0.1) is 0 Å². The molecule has 1 aromatic heterocycles. The Balaban J connectivity index is 1.53. The number of hydrogen-bond acceptors (Lipinski definition) is 9. The van der Waals surface area contributed by atoms with Crippen LogP contribution in [-0.4, -0.2) is 53.3 Å². The molecule has 5 rings (SSSR count). The number of amides is 1. The summed E-state index contributed by atoms with van der Waals surface area (Å²) >= 11 is 0. The van der Waals surface area contributed by atoms with E-state index in [1.54, 1.807) is 66.7 Å². The van der Waals surface area contributed by atoms with Crippen LogP contribution in [0.5, 0.6) is 0 Å². The summed E-state index contributed by atoms with van der Waals surface area (Å²) in [5.74, 6) is -3.05. The van der Waals surface area contributed by atoms with Gasteiger partial charge < -0.3 is 24.7 Å². The largest absolute Gasteiger partial charge is 0.459 e. The second-order valence-corrected chi connectivity index (χ2v) is 9.53. The number of pyridine rings is 1. The monoisotopic (exact) mass is 582 g/mol. The molecule has 43 heavy (non-hydrogen) atoms. The predicted molar refractivity (Wildman–Crippen MR) is 151 cm³/mol. The Hall–Kier alpha value is -5.55. The van der Waals surface area contributed by atoms with Crippen molar-refractivity contribution >= 4 is 23.8 Å². The van der Waals surface area contributed by atoms with Gasteiger partial charge in [0.15, 0.2) is 18.4 Å². The highest BCUT2D eigenvalue weighted by atomic mass is 16.7. The number of esters is 3. The van der Waals surface area contributed by atoms with Crippen LogP contribution in [0.25, 0.3) is 0 Å². The van der Waals surface area contributed by atoms with Gasteiger partial charge in [-0.2, -0.15) is 0 Å². The van der Waals surface area contributed by atoms with Crippen molar-refractivity contribution in [2.75, 3.05) is 6.61 Å². The van der Waals surface area contributed by atoms with Crippen LogP contribution in [0.4, 0.5) is 0 Å². The third kappa shape index (κ3) is 6.68. The van der Waals surface area contributed by atoms with Gasteiger partial charge in [-0.3, -0.25) is 14.2 Å². The summed E-state index contributed by atoms with van der Waals surface area (Å²) in [7, 11) is 0. The van der Waals surface area contributed by atoms with Crippen molar-refractivity contribution in [2.45, 2.75) is 24.5 Å². The summed E-state index contributed by atoms with van der Waals surface area (Å²) in [6, 6.07) is 26.7. The highest BCUT2D eigenvalue weighted by Gasteiger charge is 2.51. The average Bonchev–Trinajstić information content (AvgIpc) is 3.36. The van der Waals surface area contributed by atoms with E-state index in [1.807, 2.05) is 0 Å². The molecule has 2 N–H and O–H groups in total. The van der Waals surface area contributed by atoms with Gasteiger partial charge in [0, 0.05) is 12.3 Å². The van der Waals surface area contributed by atoms with E-state index in [0.29, 0.717) is 0 Å². The minimum absolute atomic E-state index is 0.0203. The Morgan fingerprint density at radius 3 is 1.65 bits per heavy atom. The number of ether oxygens (including phenoxy) is 4. The van der Waals surface area contributed by atoms with Gasteiger partial charge >= 0.3 is 17.9 Å². The van der Waals surface area contributed by atoms with Crippen LogP contribution >= 0.6 is 0 Å². The van der Waals surface area contributed by atoms with Crippen molar-refractivity contribution < 1.29 is 38.1 Å². The Bertz CT molecular complexity index is 1670. The Labute approximate surface area is 245 Å². The summed E-state index contributed by atoms with van der Waals surface area (Å²) in [5.41, 5.74) is 5.46. The lowest BCUT2D eigenvalue weighted by Crippen LogP contribution is -2.42. The molecule has 2 heterocycles. The predicted octanol–water partition coefficient (Wildman–Crippen LogP) is 3.15. The highest BCUT2D eigenvalue weighted by Crippen LogP contribution is 2.35. The third-order valence-corrected chi connectivity index (χ3v) is 6.68. The maximum absolute atomic E-state index is 13.2. The van der Waals surface area contributed by atoms with Crippen molar-refractivity contribution in [1.29, 1.82) is 0 Å². The molecular weight excluding hydrogens is 556 g/mol. The van der Waals surface area contributed by atoms with Gasteiger partial charge in [0.25, 0.3) is 5.56 Å². The molecule has 0 aliphatic carbocycles. The van der Waals surface area contributed by atoms with E-state index in [2.05, 4.69) is 0 Å². The fourth-order valence-corrected chi connectivity index (χ4v) is 4.53. The number of carbonyl (C=O) groups excluding carboxylic acids is 4. The number of nitrogens with two attached hydrogens (primary N) is 1. The maximum Gasteiger partial charge on any atom is 0.338 e. The molecule has 0 saturated carbocycles. The maximum atomic E-state index is 13.2. The molecule has 1 aliphatic heterocycles. The van der Waals surface area contributed by atoms with E-state index >= 15 is 0 Å². The molecule has 1 aliphatic rings. The fourth-order valence-electron chi connectivity index (χ4n) is 4.53. The van der Waals surface area contributed by atoms with Crippen LogP contribution in [0.2, 0.25) is 0 Å². The van der Waals surface area contributed by atoms with Crippen LogP contribution < -0.4 is 11.3 Å². The SMILES string of the molecule is NC(=O)c1ccc(=O)n(C2OC(COC(=O)c3ccccc3)C(OC(=O)c3ccccc3)C2OC(=O)c2ccccc2)c1. The molecule has 0 radical (unpaired) electrons. The van der Waals surface area contributed by atoms with Gasteiger partial charge in [-0.05, 0) is 42.5 Å². The third-order valence-electron chi connectivity index (χ3n) is 6.68. The number of nitrogens with zero attached hydrogens (tertiary/aromatic N) is 1. The van der Waals surface area contributed by atoms with Crippen LogP contribution in [-0.2, 0) is 18.9 Å². The Morgan fingerprint density at radius 1 is 0.651 bits per heavy atom. The fraction of sp³-hybridized carbons (Fsp3) is 0.156. The standard InChI is InChI=1S/C32H26N2O9/c33-28(36)23-16-17-25(35)34(18-23)29-27(43-32(39)22-14-8-3-9-15-22)26(42-31(38)21-12-6-2-7-13-21)24(41-29)19-40-30(37)20-10-4-1-5-11-20/h1-18,24,26-27,29H,19H2,(H2,33,36). The molecule has 4 unspecified atom stereocenters. The highest BCUT2D eigenvalue weighted by molar-refractivity contribution is 5.92. The molecule has 1 saturated heterocycles. The lowest BCUT2D eigenvalue weighted by Gasteiger charge is -2.25. The van der Waals surface area contributed by atoms with Crippen molar-refractivity contribution in [3.63, 3.8) is 0 Å². The number of primary amides is 1. The molecular formula is C32H26N2O9. The average molecular weight is 583 g/mol. The number of rotatable bonds is 9. The van der Waals surface area contributed by atoms with Gasteiger partial charge in [0.1, 0.15) is 12.7 Å². The Morgan fingerprint density at radius 2 is 1.14 bits per heavy atom. The summed E-state index contributed by atoms with van der Waals surface area (Å²) in [6.07, 6.45) is -4.19. The number of carbonyl (C=O) groups is 4. The molecule has 4 atom stereocenters. The molecule has 0 bridgehead atoms. The molecule has 4 aromatic rings. The number of benzene rings is 3. The first-order chi connectivity index (χ1) is 20.8.